The number of fused-ring (bicyclic) bond motifs is 3. The third-order valence-corrected chi connectivity index (χ3v) is 8.99. The van der Waals surface area contributed by atoms with Crippen LogP contribution < -0.4 is 10.9 Å². The predicted molar refractivity (Wildman–Crippen MR) is 163 cm³/mol. The monoisotopic (exact) mass is 582 g/mol. The van der Waals surface area contributed by atoms with Crippen molar-refractivity contribution in [2.45, 2.75) is 25.8 Å². The Bertz CT molecular complexity index is 1930. The zero-order valence-corrected chi connectivity index (χ0v) is 23.8. The topological polar surface area (TPSA) is 79.5 Å². The molecule has 0 saturated heterocycles. The number of benzene rings is 3. The van der Waals surface area contributed by atoms with Gasteiger partial charge in [0.2, 0.25) is 0 Å². The van der Waals surface area contributed by atoms with Crippen LogP contribution >= 0.6 is 35.2 Å². The number of para-hydroxylation sites is 1. The number of H-pyrrole nitrogens is 1. The van der Waals surface area contributed by atoms with Crippen LogP contribution in [-0.4, -0.2) is 14.3 Å². The molecule has 7 nitrogen and oxygen atoms in total. The van der Waals surface area contributed by atoms with Crippen LogP contribution in [0.5, 0.6) is 0 Å². The second-order valence-electron chi connectivity index (χ2n) is 9.83. The highest BCUT2D eigenvalue weighted by Crippen LogP contribution is 2.49. The molecule has 0 fully saturated rings. The Morgan fingerprint density at radius 1 is 0.975 bits per heavy atom. The molecule has 1 aliphatic carbocycles. The summed E-state index contributed by atoms with van der Waals surface area (Å²) in [5, 5.41) is 16.0. The third kappa shape index (κ3) is 4.18. The van der Waals surface area contributed by atoms with Crippen LogP contribution in [0.4, 0.5) is 17.2 Å². The maximum absolute atomic E-state index is 13.3. The largest absolute Gasteiger partial charge is 0.342 e. The number of nitrogens with one attached hydrogen (secondary N) is 2. The molecule has 3 aromatic carbocycles. The number of aryl methyl sites for hydroxylation is 1. The minimum atomic E-state index is -0.313. The van der Waals surface area contributed by atoms with Crippen molar-refractivity contribution < 1.29 is 0 Å². The lowest BCUT2D eigenvalue weighted by molar-refractivity contribution is 0.605. The summed E-state index contributed by atoms with van der Waals surface area (Å²) >= 11 is 13.8. The van der Waals surface area contributed by atoms with Crippen LogP contribution in [0.2, 0.25) is 5.02 Å². The van der Waals surface area contributed by atoms with E-state index in [1.807, 2.05) is 78.3 Å². The van der Waals surface area contributed by atoms with E-state index >= 15 is 0 Å². The Hall–Kier alpha value is -4.05. The van der Waals surface area contributed by atoms with Gasteiger partial charge in [-0.15, -0.1) is 16.5 Å². The molecule has 0 radical (unpaired) electrons. The fourth-order valence-electron chi connectivity index (χ4n) is 5.41. The number of anilines is 1. The minimum absolute atomic E-state index is 0.242. The molecule has 0 spiro atoms. The zero-order chi connectivity index (χ0) is 27.4. The van der Waals surface area contributed by atoms with E-state index in [1.54, 1.807) is 11.3 Å². The van der Waals surface area contributed by atoms with Gasteiger partial charge in [0, 0.05) is 27.7 Å². The number of thiazole rings is 1. The van der Waals surface area contributed by atoms with E-state index in [4.69, 9.17) is 23.8 Å². The molecule has 1 unspecified atom stereocenters. The first kappa shape index (κ1) is 25.0. The van der Waals surface area contributed by atoms with Crippen LogP contribution in [0, 0.1) is 10.9 Å². The molecular weight excluding hydrogens is 560 g/mol. The first-order valence-corrected chi connectivity index (χ1v) is 14.5. The summed E-state index contributed by atoms with van der Waals surface area (Å²) in [6.45, 7) is 2.02. The zero-order valence-electron chi connectivity index (χ0n) is 21.4. The minimum Gasteiger partial charge on any atom is -0.342 e. The molecule has 2 aliphatic rings. The molecule has 5 aromatic rings. The fourth-order valence-corrected chi connectivity index (χ4v) is 7.14. The summed E-state index contributed by atoms with van der Waals surface area (Å²) in [7, 11) is 0. The van der Waals surface area contributed by atoms with Gasteiger partial charge in [0.25, 0.3) is 5.56 Å². The number of halogens is 1. The van der Waals surface area contributed by atoms with E-state index in [2.05, 4.69) is 37.3 Å². The van der Waals surface area contributed by atoms with Crippen molar-refractivity contribution in [3.63, 3.8) is 0 Å². The Morgan fingerprint density at radius 2 is 1.73 bits per heavy atom. The second-order valence-corrected chi connectivity index (χ2v) is 11.9. The number of nitrogens with zero attached hydrogens (tertiary/aromatic N) is 4. The number of aromatic amines is 1. The van der Waals surface area contributed by atoms with Gasteiger partial charge in [-0.05, 0) is 73.9 Å². The summed E-state index contributed by atoms with van der Waals surface area (Å²) in [6, 6.07) is 25.4. The van der Waals surface area contributed by atoms with E-state index in [9.17, 15) is 4.79 Å². The van der Waals surface area contributed by atoms with Gasteiger partial charge in [0.1, 0.15) is 6.04 Å². The standard InChI is InChI=1S/C30H23ClN6OS2/c1-17-7-13-20(14-8-17)33-34-25-28-32-22-15-16-23-27(40-30(39)36(23)21-5-3-2-4-6-21)24(22)26(37(28)35-29(25)38)18-9-11-19(31)12-10-18/h2-14,26,32H,15-16H2,1H3,(H,35,38). The molecule has 1 atom stereocenters. The van der Waals surface area contributed by atoms with Gasteiger partial charge in [0.05, 0.1) is 10.6 Å². The van der Waals surface area contributed by atoms with Gasteiger partial charge in [0.15, 0.2) is 15.5 Å². The van der Waals surface area contributed by atoms with Crippen LogP contribution in [0.25, 0.3) is 11.3 Å². The van der Waals surface area contributed by atoms with Crippen molar-refractivity contribution in [1.29, 1.82) is 0 Å². The van der Waals surface area contributed by atoms with Gasteiger partial charge in [-0.1, -0.05) is 59.6 Å². The molecule has 2 aromatic heterocycles. The molecule has 0 saturated carbocycles. The Labute approximate surface area is 244 Å². The lowest BCUT2D eigenvalue weighted by atomic mass is 9.88. The second kappa shape index (κ2) is 9.85. The highest BCUT2D eigenvalue weighted by molar-refractivity contribution is 7.73. The van der Waals surface area contributed by atoms with Crippen LogP contribution in [0.15, 0.2) is 99.6 Å². The highest BCUT2D eigenvalue weighted by Gasteiger charge is 2.38. The van der Waals surface area contributed by atoms with Gasteiger partial charge in [-0.2, -0.15) is 5.11 Å². The SMILES string of the molecule is Cc1ccc(N=Nc2c3n([nH]c2=O)C(c2ccc(Cl)cc2)C2=C(CCc4c2sc(=S)n4-c2ccccc2)N3)cc1. The van der Waals surface area contributed by atoms with Crippen molar-refractivity contribution in [2.75, 3.05) is 5.32 Å². The lowest BCUT2D eigenvalue weighted by Gasteiger charge is -2.34. The van der Waals surface area contributed by atoms with Gasteiger partial charge in [-0.3, -0.25) is 19.1 Å². The molecule has 0 amide bonds. The number of allylic oxidation sites excluding steroid dienone is 2. The van der Waals surface area contributed by atoms with E-state index in [-0.39, 0.29) is 17.3 Å². The van der Waals surface area contributed by atoms with Crippen LogP contribution in [-0.2, 0) is 6.42 Å². The maximum Gasteiger partial charge on any atom is 0.294 e. The van der Waals surface area contributed by atoms with Crippen LogP contribution in [0.3, 0.4) is 0 Å². The molecule has 3 heterocycles. The summed E-state index contributed by atoms with van der Waals surface area (Å²) in [6.07, 6.45) is 1.57. The smallest absolute Gasteiger partial charge is 0.294 e. The Balaban J connectivity index is 1.40. The Kier molecular flexibility index (Phi) is 6.14. The molecule has 40 heavy (non-hydrogen) atoms. The summed E-state index contributed by atoms with van der Waals surface area (Å²) in [5.74, 6) is 0.592. The molecule has 2 N–H and O–H groups in total. The number of rotatable bonds is 4. The van der Waals surface area contributed by atoms with Crippen LogP contribution in [0.1, 0.15) is 34.2 Å². The third-order valence-electron chi connectivity index (χ3n) is 7.29. The van der Waals surface area contributed by atoms with E-state index < -0.39 is 0 Å². The van der Waals surface area contributed by atoms with Gasteiger partial charge < -0.3 is 5.32 Å². The predicted octanol–water partition coefficient (Wildman–Crippen LogP) is 8.51. The Morgan fingerprint density at radius 3 is 2.48 bits per heavy atom. The van der Waals surface area contributed by atoms with E-state index in [0.717, 1.165) is 49.8 Å². The fraction of sp³-hybridized carbons (Fsp3) is 0.133. The highest BCUT2D eigenvalue weighted by atomic mass is 35.5. The van der Waals surface area contributed by atoms with Crippen molar-refractivity contribution in [3.05, 3.63) is 126 Å². The van der Waals surface area contributed by atoms with Crippen molar-refractivity contribution in [1.82, 2.24) is 14.3 Å². The molecule has 10 heteroatoms. The summed E-state index contributed by atoms with van der Waals surface area (Å²) in [4.78, 5) is 14.4. The molecule has 198 valence electrons. The first-order chi connectivity index (χ1) is 19.5. The maximum atomic E-state index is 13.3. The number of aromatic nitrogens is 3. The molecule has 1 aliphatic heterocycles. The van der Waals surface area contributed by atoms with Crippen molar-refractivity contribution >= 4 is 57.9 Å². The lowest BCUT2D eigenvalue weighted by Crippen LogP contribution is -2.27. The van der Waals surface area contributed by atoms with E-state index in [1.165, 1.54) is 5.69 Å². The normalized spacial score (nSPS) is 16.0. The molecule has 0 bridgehead atoms. The summed E-state index contributed by atoms with van der Waals surface area (Å²) in [5.41, 5.74) is 7.10. The van der Waals surface area contributed by atoms with Crippen molar-refractivity contribution in [3.8, 4) is 5.69 Å². The van der Waals surface area contributed by atoms with Crippen molar-refractivity contribution in [2.24, 2.45) is 10.2 Å². The molecule has 7 rings (SSSR count). The quantitative estimate of drug-likeness (QED) is 0.165. The summed E-state index contributed by atoms with van der Waals surface area (Å²) < 4.78 is 4.82. The molecular formula is C30H23ClN6OS2. The number of hydrogen-bond acceptors (Lipinski definition) is 6. The van der Waals surface area contributed by atoms with Gasteiger partial charge >= 0.3 is 0 Å². The first-order valence-electron chi connectivity index (χ1n) is 12.9. The number of azo groups is 1. The van der Waals surface area contributed by atoms with Gasteiger partial charge in [-0.25, -0.2) is 0 Å². The average Bonchev–Trinajstić information content (AvgIpc) is 3.47. The number of hydrogen-bond donors (Lipinski definition) is 2. The average molecular weight is 583 g/mol. The van der Waals surface area contributed by atoms with E-state index in [0.29, 0.717) is 16.5 Å².